The highest BCUT2D eigenvalue weighted by Crippen LogP contribution is 2.31. The van der Waals surface area contributed by atoms with Crippen LogP contribution >= 0.6 is 15.9 Å². The maximum atomic E-state index is 13.7. The van der Waals surface area contributed by atoms with Gasteiger partial charge in [0, 0.05) is 0 Å². The summed E-state index contributed by atoms with van der Waals surface area (Å²) in [4.78, 5) is 0. The molecule has 0 aliphatic heterocycles. The van der Waals surface area contributed by atoms with Crippen molar-refractivity contribution in [1.29, 1.82) is 0 Å². The van der Waals surface area contributed by atoms with Crippen molar-refractivity contribution in [3.8, 4) is 5.69 Å². The summed E-state index contributed by atoms with van der Waals surface area (Å²) in [7, 11) is 0. The van der Waals surface area contributed by atoms with Gasteiger partial charge in [0.2, 0.25) is 0 Å². The fourth-order valence-corrected chi connectivity index (χ4v) is 2.31. The number of para-hydroxylation sites is 1. The molecule has 17 heavy (non-hydrogen) atoms. The first-order valence-corrected chi connectivity index (χ1v) is 6.10. The zero-order chi connectivity index (χ0) is 12.6. The van der Waals surface area contributed by atoms with E-state index in [4.69, 9.17) is 5.73 Å². The summed E-state index contributed by atoms with van der Waals surface area (Å²) in [5, 5.41) is 4.34. The van der Waals surface area contributed by atoms with Gasteiger partial charge in [-0.15, -0.1) is 0 Å². The van der Waals surface area contributed by atoms with Gasteiger partial charge >= 0.3 is 0 Å². The number of halogens is 2. The molecule has 0 saturated carbocycles. The van der Waals surface area contributed by atoms with Crippen LogP contribution in [0.3, 0.4) is 0 Å². The molecule has 3 nitrogen and oxygen atoms in total. The topological polar surface area (TPSA) is 43.8 Å². The molecule has 0 aliphatic carbocycles. The van der Waals surface area contributed by atoms with Gasteiger partial charge in [0.15, 0.2) is 0 Å². The van der Waals surface area contributed by atoms with E-state index >= 15 is 0 Å². The van der Waals surface area contributed by atoms with Gasteiger partial charge in [0.1, 0.15) is 17.3 Å². The second-order valence-electron chi connectivity index (χ2n) is 4.10. The third-order valence-corrected chi connectivity index (χ3v) is 3.33. The fraction of sp³-hybridized carbons (Fsp3) is 0.250. The van der Waals surface area contributed by atoms with Gasteiger partial charge < -0.3 is 5.73 Å². The van der Waals surface area contributed by atoms with Crippen LogP contribution in [0.2, 0.25) is 0 Å². The molecule has 0 aliphatic rings. The number of hydrogen-bond donors (Lipinski definition) is 1. The van der Waals surface area contributed by atoms with Crippen LogP contribution in [0.15, 0.2) is 28.7 Å². The smallest absolute Gasteiger partial charge is 0.148 e. The van der Waals surface area contributed by atoms with Crippen molar-refractivity contribution in [2.24, 2.45) is 0 Å². The van der Waals surface area contributed by atoms with Crippen LogP contribution in [0.4, 0.5) is 10.2 Å². The first kappa shape index (κ1) is 12.1. The van der Waals surface area contributed by atoms with Crippen LogP contribution in [-0.2, 0) is 0 Å². The predicted octanol–water partition coefficient (Wildman–Crippen LogP) is 3.48. The van der Waals surface area contributed by atoms with E-state index in [0.29, 0.717) is 11.5 Å². The van der Waals surface area contributed by atoms with E-state index in [1.54, 1.807) is 18.2 Å². The number of aromatic nitrogens is 2. The van der Waals surface area contributed by atoms with Crippen molar-refractivity contribution >= 4 is 21.7 Å². The first-order valence-electron chi connectivity index (χ1n) is 5.31. The Kier molecular flexibility index (Phi) is 3.19. The third kappa shape index (κ3) is 2.07. The lowest BCUT2D eigenvalue weighted by atomic mass is 10.1. The van der Waals surface area contributed by atoms with Crippen molar-refractivity contribution < 1.29 is 4.39 Å². The number of benzene rings is 1. The molecule has 0 unspecified atom stereocenters. The maximum Gasteiger partial charge on any atom is 0.148 e. The monoisotopic (exact) mass is 297 g/mol. The summed E-state index contributed by atoms with van der Waals surface area (Å²) >= 11 is 3.39. The molecule has 2 aromatic rings. The molecular weight excluding hydrogens is 285 g/mol. The highest BCUT2D eigenvalue weighted by molar-refractivity contribution is 9.10. The van der Waals surface area contributed by atoms with Crippen LogP contribution in [-0.4, -0.2) is 9.78 Å². The molecule has 0 fully saturated rings. The first-order chi connectivity index (χ1) is 8.02. The molecule has 0 saturated heterocycles. The molecule has 1 aromatic heterocycles. The Bertz CT molecular complexity index is 549. The average Bonchev–Trinajstić information content (AvgIpc) is 2.57. The SMILES string of the molecule is CC(C)c1nn(-c2ccccc2F)c(N)c1Br. The van der Waals surface area contributed by atoms with Crippen LogP contribution in [0.25, 0.3) is 5.69 Å². The minimum Gasteiger partial charge on any atom is -0.383 e. The Balaban J connectivity index is 2.61. The summed E-state index contributed by atoms with van der Waals surface area (Å²) in [6.45, 7) is 4.02. The highest BCUT2D eigenvalue weighted by Gasteiger charge is 2.18. The minimum atomic E-state index is -0.343. The normalized spacial score (nSPS) is 11.1. The Morgan fingerprint density at radius 2 is 2.00 bits per heavy atom. The molecule has 0 amide bonds. The highest BCUT2D eigenvalue weighted by atomic mass is 79.9. The quantitative estimate of drug-likeness (QED) is 0.922. The van der Waals surface area contributed by atoms with E-state index in [1.165, 1.54) is 10.7 Å². The third-order valence-electron chi connectivity index (χ3n) is 2.51. The second kappa shape index (κ2) is 4.49. The molecule has 0 spiro atoms. The number of nitrogens with two attached hydrogens (primary N) is 1. The van der Waals surface area contributed by atoms with Crippen LogP contribution in [0.5, 0.6) is 0 Å². The van der Waals surface area contributed by atoms with Crippen molar-refractivity contribution in [1.82, 2.24) is 9.78 Å². The van der Waals surface area contributed by atoms with Crippen molar-refractivity contribution in [2.75, 3.05) is 5.73 Å². The molecule has 0 bridgehead atoms. The number of hydrogen-bond acceptors (Lipinski definition) is 2. The number of nitrogens with zero attached hydrogens (tertiary/aromatic N) is 2. The van der Waals surface area contributed by atoms with Crippen LogP contribution < -0.4 is 5.73 Å². The second-order valence-corrected chi connectivity index (χ2v) is 4.90. The lowest BCUT2D eigenvalue weighted by molar-refractivity contribution is 0.609. The molecular formula is C12H13BrFN3. The average molecular weight is 298 g/mol. The van der Waals surface area contributed by atoms with Crippen molar-refractivity contribution in [2.45, 2.75) is 19.8 Å². The Hall–Kier alpha value is -1.36. The van der Waals surface area contributed by atoms with Gasteiger partial charge in [0.25, 0.3) is 0 Å². The summed E-state index contributed by atoms with van der Waals surface area (Å²) in [5.74, 6) is 0.294. The Labute approximate surface area is 108 Å². The summed E-state index contributed by atoms with van der Waals surface area (Å²) in [6, 6.07) is 6.42. The van der Waals surface area contributed by atoms with E-state index in [2.05, 4.69) is 21.0 Å². The molecule has 0 radical (unpaired) electrons. The van der Waals surface area contributed by atoms with Crippen LogP contribution in [0, 0.1) is 5.82 Å². The number of anilines is 1. The predicted molar refractivity (Wildman–Crippen MR) is 69.7 cm³/mol. The van der Waals surface area contributed by atoms with E-state index in [1.807, 2.05) is 13.8 Å². The molecule has 0 atom stereocenters. The largest absolute Gasteiger partial charge is 0.383 e. The van der Waals surface area contributed by atoms with Crippen LogP contribution in [0.1, 0.15) is 25.5 Å². The Morgan fingerprint density at radius 3 is 2.53 bits per heavy atom. The molecule has 2 rings (SSSR count). The van der Waals surface area contributed by atoms with E-state index in [-0.39, 0.29) is 11.7 Å². The minimum absolute atomic E-state index is 0.222. The van der Waals surface area contributed by atoms with E-state index < -0.39 is 0 Å². The summed E-state index contributed by atoms with van der Waals surface area (Å²) in [5.41, 5.74) is 7.11. The van der Waals surface area contributed by atoms with Gasteiger partial charge in [-0.1, -0.05) is 26.0 Å². The zero-order valence-corrected chi connectivity index (χ0v) is 11.2. The molecule has 2 N–H and O–H groups in total. The summed E-state index contributed by atoms with van der Waals surface area (Å²) < 4.78 is 15.8. The maximum absolute atomic E-state index is 13.7. The van der Waals surface area contributed by atoms with Crippen molar-refractivity contribution in [3.63, 3.8) is 0 Å². The standard InChI is InChI=1S/C12H13BrFN3/c1-7(2)11-10(13)12(15)17(16-11)9-6-4-3-5-8(9)14/h3-7H,15H2,1-2H3. The van der Waals surface area contributed by atoms with Gasteiger partial charge in [-0.25, -0.2) is 9.07 Å². The van der Waals surface area contributed by atoms with E-state index in [0.717, 1.165) is 10.2 Å². The number of nitrogen functional groups attached to an aromatic ring is 1. The van der Waals surface area contributed by atoms with Gasteiger partial charge in [-0.2, -0.15) is 5.10 Å². The summed E-state index contributed by atoms with van der Waals surface area (Å²) in [6.07, 6.45) is 0. The Morgan fingerprint density at radius 1 is 1.35 bits per heavy atom. The van der Waals surface area contributed by atoms with Gasteiger partial charge in [0.05, 0.1) is 10.2 Å². The molecule has 90 valence electrons. The van der Waals surface area contributed by atoms with Gasteiger partial charge in [-0.05, 0) is 34.0 Å². The lowest BCUT2D eigenvalue weighted by Gasteiger charge is -2.04. The molecule has 1 aromatic carbocycles. The number of rotatable bonds is 2. The fourth-order valence-electron chi connectivity index (χ4n) is 1.61. The zero-order valence-electron chi connectivity index (χ0n) is 9.61. The van der Waals surface area contributed by atoms with Crippen molar-refractivity contribution in [3.05, 3.63) is 40.2 Å². The molecule has 5 heteroatoms. The molecule has 1 heterocycles. The lowest BCUT2D eigenvalue weighted by Crippen LogP contribution is -2.04. The van der Waals surface area contributed by atoms with E-state index in [9.17, 15) is 4.39 Å². The van der Waals surface area contributed by atoms with Gasteiger partial charge in [-0.3, -0.25) is 0 Å².